The molecule has 0 aliphatic heterocycles. The molecule has 0 aliphatic rings. The highest BCUT2D eigenvalue weighted by molar-refractivity contribution is 7.71. The molecule has 0 unspecified atom stereocenters. The number of nitrogens with one attached hydrogen (secondary N) is 1. The standard InChI is InChI=1S/C10H8F2N4OS/c11-9(12)17-8-3-1-7(2-4-8)5-14-16-6-13-15-10(16)18/h1-6,9H,(H,15,18)/b14-5+. The highest BCUT2D eigenvalue weighted by atomic mass is 32.1. The molecule has 94 valence electrons. The van der Waals surface area contributed by atoms with Gasteiger partial charge in [0.1, 0.15) is 12.1 Å². The van der Waals surface area contributed by atoms with Crippen molar-refractivity contribution in [2.75, 3.05) is 0 Å². The first-order valence-electron chi connectivity index (χ1n) is 4.86. The number of benzene rings is 1. The van der Waals surface area contributed by atoms with Crippen LogP contribution in [0.3, 0.4) is 0 Å². The molecular weight excluding hydrogens is 262 g/mol. The summed E-state index contributed by atoms with van der Waals surface area (Å²) >= 11 is 4.90. The van der Waals surface area contributed by atoms with Gasteiger partial charge in [-0.1, -0.05) is 0 Å². The number of alkyl halides is 2. The fraction of sp³-hybridized carbons (Fsp3) is 0.100. The number of rotatable bonds is 4. The lowest BCUT2D eigenvalue weighted by atomic mass is 10.2. The maximum atomic E-state index is 11.9. The lowest BCUT2D eigenvalue weighted by molar-refractivity contribution is -0.0498. The minimum atomic E-state index is -2.83. The zero-order valence-corrected chi connectivity index (χ0v) is 9.77. The van der Waals surface area contributed by atoms with Gasteiger partial charge in [0.15, 0.2) is 0 Å². The number of aromatic amines is 1. The smallest absolute Gasteiger partial charge is 0.387 e. The van der Waals surface area contributed by atoms with E-state index in [9.17, 15) is 8.78 Å². The van der Waals surface area contributed by atoms with E-state index in [2.05, 4.69) is 20.0 Å². The second-order valence-corrected chi connectivity index (χ2v) is 3.58. The molecule has 1 heterocycles. The van der Waals surface area contributed by atoms with Crippen LogP contribution in [0, 0.1) is 4.77 Å². The molecule has 0 spiro atoms. The van der Waals surface area contributed by atoms with Crippen LogP contribution in [0.25, 0.3) is 0 Å². The normalized spacial score (nSPS) is 11.3. The molecule has 8 heteroatoms. The fourth-order valence-electron chi connectivity index (χ4n) is 1.19. The van der Waals surface area contributed by atoms with Crippen molar-refractivity contribution >= 4 is 18.4 Å². The Bertz CT molecular complexity index is 590. The quantitative estimate of drug-likeness (QED) is 0.685. The third-order valence-corrected chi connectivity index (χ3v) is 2.25. The molecule has 0 saturated heterocycles. The van der Waals surface area contributed by atoms with Crippen molar-refractivity contribution < 1.29 is 13.5 Å². The Labute approximate surface area is 106 Å². The molecule has 2 rings (SSSR count). The Balaban J connectivity index is 2.09. The van der Waals surface area contributed by atoms with E-state index < -0.39 is 6.61 Å². The molecule has 0 bridgehead atoms. The number of nitrogens with zero attached hydrogens (tertiary/aromatic N) is 3. The molecule has 1 aromatic heterocycles. The molecule has 0 amide bonds. The third kappa shape index (κ3) is 3.20. The highest BCUT2D eigenvalue weighted by Crippen LogP contribution is 2.13. The van der Waals surface area contributed by atoms with Crippen molar-refractivity contribution in [1.82, 2.24) is 14.9 Å². The Morgan fingerprint density at radius 2 is 2.11 bits per heavy atom. The van der Waals surface area contributed by atoms with Crippen LogP contribution in [-0.4, -0.2) is 27.7 Å². The first kappa shape index (κ1) is 12.4. The fourth-order valence-corrected chi connectivity index (χ4v) is 1.34. The number of aromatic nitrogens is 3. The molecular formula is C10H8F2N4OS. The van der Waals surface area contributed by atoms with Gasteiger partial charge in [-0.05, 0) is 42.0 Å². The summed E-state index contributed by atoms with van der Waals surface area (Å²) in [7, 11) is 0. The molecule has 0 radical (unpaired) electrons. The largest absolute Gasteiger partial charge is 0.435 e. The summed E-state index contributed by atoms with van der Waals surface area (Å²) in [6.45, 7) is -2.83. The van der Waals surface area contributed by atoms with Gasteiger partial charge in [-0.2, -0.15) is 23.7 Å². The summed E-state index contributed by atoms with van der Waals surface area (Å²) in [5, 5.41) is 10.3. The Hall–Kier alpha value is -2.09. The summed E-state index contributed by atoms with van der Waals surface area (Å²) in [5.41, 5.74) is 0.722. The van der Waals surface area contributed by atoms with E-state index in [-0.39, 0.29) is 5.75 Å². The Morgan fingerprint density at radius 3 is 2.67 bits per heavy atom. The van der Waals surface area contributed by atoms with E-state index >= 15 is 0 Å². The van der Waals surface area contributed by atoms with Crippen LogP contribution in [0.4, 0.5) is 8.78 Å². The monoisotopic (exact) mass is 270 g/mol. The summed E-state index contributed by atoms with van der Waals surface area (Å²) in [6.07, 6.45) is 2.95. The van der Waals surface area contributed by atoms with Crippen molar-refractivity contribution in [3.63, 3.8) is 0 Å². The minimum Gasteiger partial charge on any atom is -0.435 e. The topological polar surface area (TPSA) is 55.2 Å². The van der Waals surface area contributed by atoms with Crippen LogP contribution in [0.2, 0.25) is 0 Å². The number of hydrogen-bond donors (Lipinski definition) is 1. The van der Waals surface area contributed by atoms with Gasteiger partial charge in [0.25, 0.3) is 0 Å². The average molecular weight is 270 g/mol. The number of ether oxygens (including phenoxy) is 1. The van der Waals surface area contributed by atoms with Gasteiger partial charge in [-0.3, -0.25) is 5.10 Å². The molecule has 0 aliphatic carbocycles. The van der Waals surface area contributed by atoms with Gasteiger partial charge in [-0.25, -0.2) is 0 Å². The summed E-state index contributed by atoms with van der Waals surface area (Å²) < 4.78 is 29.8. The van der Waals surface area contributed by atoms with Gasteiger partial charge in [0, 0.05) is 0 Å². The van der Waals surface area contributed by atoms with E-state index in [1.165, 1.54) is 29.4 Å². The van der Waals surface area contributed by atoms with Gasteiger partial charge in [-0.15, -0.1) is 0 Å². The van der Waals surface area contributed by atoms with Crippen molar-refractivity contribution in [2.24, 2.45) is 5.10 Å². The second-order valence-electron chi connectivity index (χ2n) is 3.20. The molecule has 0 atom stereocenters. The minimum absolute atomic E-state index is 0.0991. The Kier molecular flexibility index (Phi) is 3.78. The van der Waals surface area contributed by atoms with Crippen LogP contribution >= 0.6 is 12.2 Å². The van der Waals surface area contributed by atoms with E-state index in [1.54, 1.807) is 12.1 Å². The van der Waals surface area contributed by atoms with Gasteiger partial charge in [0.05, 0.1) is 6.21 Å². The number of H-pyrrole nitrogens is 1. The number of hydrogen-bond acceptors (Lipinski definition) is 4. The zero-order valence-electron chi connectivity index (χ0n) is 8.96. The van der Waals surface area contributed by atoms with Crippen LogP contribution in [-0.2, 0) is 0 Å². The van der Waals surface area contributed by atoms with Crippen molar-refractivity contribution in [3.05, 3.63) is 40.9 Å². The Morgan fingerprint density at radius 1 is 1.39 bits per heavy atom. The van der Waals surface area contributed by atoms with Gasteiger partial charge in [0.2, 0.25) is 4.77 Å². The molecule has 2 aromatic rings. The lowest BCUT2D eigenvalue weighted by Crippen LogP contribution is -2.01. The molecule has 18 heavy (non-hydrogen) atoms. The zero-order chi connectivity index (χ0) is 13.0. The van der Waals surface area contributed by atoms with Crippen LogP contribution in [0.15, 0.2) is 35.7 Å². The number of halogens is 2. The molecule has 5 nitrogen and oxygen atoms in total. The average Bonchev–Trinajstić information content (AvgIpc) is 2.73. The highest BCUT2D eigenvalue weighted by Gasteiger charge is 2.02. The second kappa shape index (κ2) is 5.50. The van der Waals surface area contributed by atoms with Gasteiger partial charge < -0.3 is 4.74 Å². The SMILES string of the molecule is FC(F)Oc1ccc(/C=N/n2cn[nH]c2=S)cc1. The molecule has 1 aromatic carbocycles. The summed E-state index contributed by atoms with van der Waals surface area (Å²) in [5.74, 6) is 0.0991. The predicted molar refractivity (Wildman–Crippen MR) is 63.5 cm³/mol. The maximum absolute atomic E-state index is 11.9. The van der Waals surface area contributed by atoms with E-state index in [0.717, 1.165) is 5.56 Å². The third-order valence-electron chi connectivity index (χ3n) is 1.97. The predicted octanol–water partition coefficient (Wildman–Crippen LogP) is 2.42. The van der Waals surface area contributed by atoms with E-state index in [4.69, 9.17) is 12.2 Å². The molecule has 0 saturated carbocycles. The van der Waals surface area contributed by atoms with Crippen molar-refractivity contribution in [1.29, 1.82) is 0 Å². The van der Waals surface area contributed by atoms with Crippen molar-refractivity contribution in [2.45, 2.75) is 6.61 Å². The maximum Gasteiger partial charge on any atom is 0.387 e. The van der Waals surface area contributed by atoms with Crippen LogP contribution in [0.5, 0.6) is 5.75 Å². The van der Waals surface area contributed by atoms with Gasteiger partial charge >= 0.3 is 6.61 Å². The van der Waals surface area contributed by atoms with Crippen LogP contribution in [0.1, 0.15) is 5.56 Å². The summed E-state index contributed by atoms with van der Waals surface area (Å²) in [4.78, 5) is 0. The lowest BCUT2D eigenvalue weighted by Gasteiger charge is -2.03. The summed E-state index contributed by atoms with van der Waals surface area (Å²) in [6, 6.07) is 6.07. The van der Waals surface area contributed by atoms with E-state index in [1.807, 2.05) is 0 Å². The first-order chi connectivity index (χ1) is 8.65. The molecule has 0 fully saturated rings. The van der Waals surface area contributed by atoms with Crippen LogP contribution < -0.4 is 4.74 Å². The van der Waals surface area contributed by atoms with Crippen molar-refractivity contribution in [3.8, 4) is 5.75 Å². The van der Waals surface area contributed by atoms with E-state index in [0.29, 0.717) is 4.77 Å². The molecule has 1 N–H and O–H groups in total. The first-order valence-corrected chi connectivity index (χ1v) is 5.27.